The molecule has 1 aromatic rings. The first kappa shape index (κ1) is 17.3. The molecular weight excluding hydrogens is 292 g/mol. The van der Waals surface area contributed by atoms with E-state index in [2.05, 4.69) is 10.6 Å². The maximum absolute atomic E-state index is 11.9. The number of carbonyl (C=O) groups is 2. The van der Waals surface area contributed by atoms with Crippen LogP contribution in [0, 0.1) is 5.92 Å². The van der Waals surface area contributed by atoms with Crippen molar-refractivity contribution in [1.29, 1.82) is 0 Å². The molecule has 0 radical (unpaired) electrons. The van der Waals surface area contributed by atoms with E-state index in [1.165, 1.54) is 32.1 Å². The molecule has 1 saturated carbocycles. The smallest absolute Gasteiger partial charge is 0.338 e. The number of nitrogens with one attached hydrogen (secondary N) is 2. The minimum Gasteiger partial charge on any atom is -0.462 e. The lowest BCUT2D eigenvalue weighted by molar-refractivity contribution is -0.119. The van der Waals surface area contributed by atoms with Crippen molar-refractivity contribution in [3.05, 3.63) is 29.8 Å². The molecule has 1 aliphatic carbocycles. The molecule has 1 aliphatic rings. The van der Waals surface area contributed by atoms with Crippen molar-refractivity contribution in [3.8, 4) is 0 Å². The first-order chi connectivity index (χ1) is 11.2. The van der Waals surface area contributed by atoms with Crippen molar-refractivity contribution < 1.29 is 14.3 Å². The highest BCUT2D eigenvalue weighted by Gasteiger charge is 2.14. The average molecular weight is 318 g/mol. The molecule has 0 spiro atoms. The van der Waals surface area contributed by atoms with Crippen molar-refractivity contribution in [2.45, 2.75) is 39.0 Å². The molecule has 126 valence electrons. The van der Waals surface area contributed by atoms with Crippen LogP contribution in [0.15, 0.2) is 24.3 Å². The zero-order valence-corrected chi connectivity index (χ0v) is 13.8. The van der Waals surface area contributed by atoms with Crippen LogP contribution in [-0.4, -0.2) is 31.6 Å². The fourth-order valence-electron chi connectivity index (χ4n) is 2.83. The Balaban J connectivity index is 1.70. The van der Waals surface area contributed by atoms with Gasteiger partial charge in [0.1, 0.15) is 0 Å². The number of hydrogen-bond donors (Lipinski definition) is 2. The third-order valence-corrected chi connectivity index (χ3v) is 4.16. The van der Waals surface area contributed by atoms with Crippen molar-refractivity contribution in [3.63, 3.8) is 0 Å². The minimum absolute atomic E-state index is 0.00467. The van der Waals surface area contributed by atoms with Gasteiger partial charge >= 0.3 is 5.97 Å². The topological polar surface area (TPSA) is 67.4 Å². The van der Waals surface area contributed by atoms with Crippen LogP contribution >= 0.6 is 0 Å². The first-order valence-electron chi connectivity index (χ1n) is 8.46. The Morgan fingerprint density at radius 2 is 1.83 bits per heavy atom. The van der Waals surface area contributed by atoms with Crippen molar-refractivity contribution >= 4 is 17.6 Å². The Labute approximate surface area is 137 Å². The molecule has 0 aromatic heterocycles. The number of rotatable bonds is 7. The van der Waals surface area contributed by atoms with E-state index in [-0.39, 0.29) is 18.4 Å². The molecule has 0 unspecified atom stereocenters. The van der Waals surface area contributed by atoms with E-state index in [0.717, 1.165) is 12.2 Å². The van der Waals surface area contributed by atoms with Gasteiger partial charge in [-0.15, -0.1) is 0 Å². The highest BCUT2D eigenvalue weighted by atomic mass is 16.5. The van der Waals surface area contributed by atoms with Crippen molar-refractivity contribution in [1.82, 2.24) is 5.32 Å². The number of amides is 1. The number of ether oxygens (including phenoxy) is 1. The maximum atomic E-state index is 11.9. The predicted octanol–water partition coefficient (Wildman–Crippen LogP) is 2.97. The SMILES string of the molecule is CCOC(=O)c1ccc(NCC(=O)NCC2CCCCC2)cc1. The maximum Gasteiger partial charge on any atom is 0.338 e. The largest absolute Gasteiger partial charge is 0.462 e. The summed E-state index contributed by atoms with van der Waals surface area (Å²) in [6.07, 6.45) is 6.34. The van der Waals surface area contributed by atoms with Crippen LogP contribution in [0.1, 0.15) is 49.4 Å². The monoisotopic (exact) mass is 318 g/mol. The molecule has 2 N–H and O–H groups in total. The highest BCUT2D eigenvalue weighted by Crippen LogP contribution is 2.22. The lowest BCUT2D eigenvalue weighted by Gasteiger charge is -2.21. The molecular formula is C18H26N2O3. The molecule has 1 fully saturated rings. The zero-order valence-electron chi connectivity index (χ0n) is 13.8. The van der Waals surface area contributed by atoms with E-state index in [9.17, 15) is 9.59 Å². The van der Waals surface area contributed by atoms with E-state index in [1.807, 2.05) is 0 Å². The summed E-state index contributed by atoms with van der Waals surface area (Å²) in [6, 6.07) is 6.95. The van der Waals surface area contributed by atoms with Crippen LogP contribution in [0.5, 0.6) is 0 Å². The summed E-state index contributed by atoms with van der Waals surface area (Å²) in [4.78, 5) is 23.4. The standard InChI is InChI=1S/C18H26N2O3/c1-2-23-18(22)15-8-10-16(11-9-15)19-13-17(21)20-12-14-6-4-3-5-7-14/h8-11,14,19H,2-7,12-13H2,1H3,(H,20,21). The van der Waals surface area contributed by atoms with E-state index in [4.69, 9.17) is 4.74 Å². The van der Waals surface area contributed by atoms with E-state index in [0.29, 0.717) is 18.1 Å². The quantitative estimate of drug-likeness (QED) is 0.759. The number of hydrogen-bond acceptors (Lipinski definition) is 4. The number of esters is 1. The van der Waals surface area contributed by atoms with Crippen molar-refractivity contribution in [2.75, 3.05) is 25.0 Å². The molecule has 0 bridgehead atoms. The zero-order chi connectivity index (χ0) is 16.5. The predicted molar refractivity (Wildman–Crippen MR) is 90.5 cm³/mol. The van der Waals surface area contributed by atoms with Gasteiger partial charge in [0.15, 0.2) is 0 Å². The fraction of sp³-hybridized carbons (Fsp3) is 0.556. The van der Waals surface area contributed by atoms with Crippen LogP contribution in [0.2, 0.25) is 0 Å². The fourth-order valence-corrected chi connectivity index (χ4v) is 2.83. The summed E-state index contributed by atoms with van der Waals surface area (Å²) in [5.41, 5.74) is 1.32. The second-order valence-corrected chi connectivity index (χ2v) is 5.96. The van der Waals surface area contributed by atoms with Gasteiger partial charge in [0.05, 0.1) is 18.7 Å². The lowest BCUT2D eigenvalue weighted by Crippen LogP contribution is -2.34. The van der Waals surface area contributed by atoms with Crippen LogP contribution in [0.25, 0.3) is 0 Å². The lowest BCUT2D eigenvalue weighted by atomic mass is 9.89. The Morgan fingerprint density at radius 1 is 1.13 bits per heavy atom. The summed E-state index contributed by atoms with van der Waals surface area (Å²) in [5, 5.41) is 6.06. The van der Waals surface area contributed by atoms with Gasteiger partial charge in [-0.3, -0.25) is 4.79 Å². The Kier molecular flexibility index (Phi) is 6.91. The molecule has 0 aliphatic heterocycles. The summed E-state index contributed by atoms with van der Waals surface area (Å²) in [5.74, 6) is 0.311. The van der Waals surface area contributed by atoms with Crippen LogP contribution < -0.4 is 10.6 Å². The van der Waals surface area contributed by atoms with E-state index >= 15 is 0 Å². The van der Waals surface area contributed by atoms with Gasteiger partial charge in [-0.25, -0.2) is 4.79 Å². The molecule has 23 heavy (non-hydrogen) atoms. The molecule has 5 heteroatoms. The number of benzene rings is 1. The summed E-state index contributed by atoms with van der Waals surface area (Å²) in [6.45, 7) is 3.16. The third-order valence-electron chi connectivity index (χ3n) is 4.16. The normalized spacial score (nSPS) is 15.0. The van der Waals surface area contributed by atoms with Crippen molar-refractivity contribution in [2.24, 2.45) is 5.92 Å². The van der Waals surface area contributed by atoms with Gasteiger partial charge in [-0.05, 0) is 49.9 Å². The molecule has 1 aromatic carbocycles. The molecule has 0 atom stereocenters. The molecule has 0 heterocycles. The molecule has 1 amide bonds. The Morgan fingerprint density at radius 3 is 2.48 bits per heavy atom. The second kappa shape index (κ2) is 9.18. The van der Waals surface area contributed by atoms with E-state index in [1.54, 1.807) is 31.2 Å². The minimum atomic E-state index is -0.329. The van der Waals surface area contributed by atoms with Gasteiger partial charge in [0.25, 0.3) is 0 Å². The summed E-state index contributed by atoms with van der Waals surface area (Å²) < 4.78 is 4.93. The summed E-state index contributed by atoms with van der Waals surface area (Å²) >= 11 is 0. The average Bonchev–Trinajstić information content (AvgIpc) is 2.59. The van der Waals surface area contributed by atoms with Crippen LogP contribution in [-0.2, 0) is 9.53 Å². The third kappa shape index (κ3) is 5.93. The molecule has 0 saturated heterocycles. The van der Waals surface area contributed by atoms with Gasteiger partial charge in [0, 0.05) is 12.2 Å². The second-order valence-electron chi connectivity index (χ2n) is 5.96. The summed E-state index contributed by atoms with van der Waals surface area (Å²) in [7, 11) is 0. The molecule has 5 nitrogen and oxygen atoms in total. The Bertz CT molecular complexity index is 508. The number of carbonyl (C=O) groups excluding carboxylic acids is 2. The Hall–Kier alpha value is -2.04. The van der Waals surface area contributed by atoms with Crippen LogP contribution in [0.4, 0.5) is 5.69 Å². The van der Waals surface area contributed by atoms with E-state index < -0.39 is 0 Å². The van der Waals surface area contributed by atoms with Gasteiger partial charge in [-0.1, -0.05) is 19.3 Å². The first-order valence-corrected chi connectivity index (χ1v) is 8.46. The van der Waals surface area contributed by atoms with Gasteiger partial charge in [0.2, 0.25) is 5.91 Å². The highest BCUT2D eigenvalue weighted by molar-refractivity contribution is 5.90. The van der Waals surface area contributed by atoms with Gasteiger partial charge < -0.3 is 15.4 Å². The molecule has 2 rings (SSSR count). The van der Waals surface area contributed by atoms with Gasteiger partial charge in [-0.2, -0.15) is 0 Å². The number of anilines is 1. The van der Waals surface area contributed by atoms with Crippen LogP contribution in [0.3, 0.4) is 0 Å².